The second kappa shape index (κ2) is 6.07. The van der Waals surface area contributed by atoms with Gasteiger partial charge >= 0.3 is 0 Å². The van der Waals surface area contributed by atoms with Crippen LogP contribution in [0.15, 0.2) is 34.7 Å². The zero-order valence-corrected chi connectivity index (χ0v) is 11.7. The highest BCUT2D eigenvalue weighted by molar-refractivity contribution is 7.98. The fourth-order valence-electron chi connectivity index (χ4n) is 1.67. The number of nitrogens with zero attached hydrogens (tertiary/aromatic N) is 1. The minimum absolute atomic E-state index is 0.959. The van der Waals surface area contributed by atoms with Gasteiger partial charge in [-0.15, -0.1) is 23.1 Å². The normalized spacial score (nSPS) is 10.5. The summed E-state index contributed by atoms with van der Waals surface area (Å²) >= 11 is 3.51. The third kappa shape index (κ3) is 3.23. The summed E-state index contributed by atoms with van der Waals surface area (Å²) in [6.45, 7) is 3.03. The van der Waals surface area contributed by atoms with Gasteiger partial charge in [-0.05, 0) is 25.3 Å². The lowest BCUT2D eigenvalue weighted by Gasteiger charge is -2.09. The van der Waals surface area contributed by atoms with E-state index in [0.717, 1.165) is 18.7 Å². The molecule has 0 aliphatic rings. The molecular weight excluding hydrogens is 248 g/mol. The molecule has 0 bridgehead atoms. The zero-order chi connectivity index (χ0) is 12.1. The Morgan fingerprint density at radius 1 is 1.35 bits per heavy atom. The van der Waals surface area contributed by atoms with Crippen molar-refractivity contribution in [2.24, 2.45) is 0 Å². The maximum absolute atomic E-state index is 4.26. The van der Waals surface area contributed by atoms with E-state index < -0.39 is 0 Å². The van der Waals surface area contributed by atoms with Gasteiger partial charge in [-0.25, -0.2) is 4.98 Å². The molecular formula is C13H16N2S2. The monoisotopic (exact) mass is 264 g/mol. The van der Waals surface area contributed by atoms with Crippen LogP contribution in [0.2, 0.25) is 0 Å². The third-order valence-electron chi connectivity index (χ3n) is 2.62. The van der Waals surface area contributed by atoms with E-state index in [4.69, 9.17) is 0 Å². The maximum Gasteiger partial charge on any atom is 0.0797 e. The summed E-state index contributed by atoms with van der Waals surface area (Å²) in [6.07, 6.45) is 3.15. The number of thioether (sulfide) groups is 1. The number of hydrogen-bond acceptors (Lipinski definition) is 4. The van der Waals surface area contributed by atoms with E-state index in [1.54, 1.807) is 23.1 Å². The zero-order valence-electron chi connectivity index (χ0n) is 10.1. The highest BCUT2D eigenvalue weighted by Crippen LogP contribution is 2.24. The molecule has 0 spiro atoms. The molecule has 0 fully saturated rings. The summed E-state index contributed by atoms with van der Waals surface area (Å²) in [6, 6.07) is 8.42. The number of aryl methyl sites for hydroxylation is 1. The first-order chi connectivity index (χ1) is 8.31. The minimum Gasteiger partial charge on any atom is -0.384 e. The maximum atomic E-state index is 4.26. The highest BCUT2D eigenvalue weighted by atomic mass is 32.2. The van der Waals surface area contributed by atoms with Crippen LogP contribution in [0, 0.1) is 6.92 Å². The van der Waals surface area contributed by atoms with Gasteiger partial charge in [0.25, 0.3) is 0 Å². The molecule has 1 N–H and O–H groups in total. The topological polar surface area (TPSA) is 24.9 Å². The molecule has 0 unspecified atom stereocenters. The molecule has 0 radical (unpaired) electrons. The lowest BCUT2D eigenvalue weighted by Crippen LogP contribution is -2.05. The van der Waals surface area contributed by atoms with Crippen molar-refractivity contribution in [3.63, 3.8) is 0 Å². The minimum atomic E-state index is 0.959. The van der Waals surface area contributed by atoms with Crippen molar-refractivity contribution in [2.45, 2.75) is 18.2 Å². The number of para-hydroxylation sites is 1. The van der Waals surface area contributed by atoms with E-state index in [0.29, 0.717) is 0 Å². The first-order valence-electron chi connectivity index (χ1n) is 5.57. The van der Waals surface area contributed by atoms with Gasteiger partial charge in [0.1, 0.15) is 0 Å². The molecule has 0 saturated heterocycles. The summed E-state index contributed by atoms with van der Waals surface area (Å²) in [5.74, 6) is 0. The van der Waals surface area contributed by atoms with Crippen molar-refractivity contribution >= 4 is 28.8 Å². The molecule has 2 rings (SSSR count). The van der Waals surface area contributed by atoms with Crippen LogP contribution >= 0.6 is 23.1 Å². The average Bonchev–Trinajstić information content (AvgIpc) is 2.76. The Balaban J connectivity index is 1.92. The second-order valence-electron chi connectivity index (χ2n) is 3.74. The molecule has 0 aliphatic heterocycles. The fourth-order valence-corrected chi connectivity index (χ4v) is 3.02. The molecule has 90 valence electrons. The molecule has 1 aromatic heterocycles. The average molecular weight is 264 g/mol. The van der Waals surface area contributed by atoms with Crippen LogP contribution in [-0.2, 0) is 6.42 Å². The lowest BCUT2D eigenvalue weighted by atomic mass is 10.3. The third-order valence-corrected chi connectivity index (χ3v) is 4.41. The Kier molecular flexibility index (Phi) is 4.45. The van der Waals surface area contributed by atoms with E-state index in [1.807, 2.05) is 5.51 Å². The summed E-state index contributed by atoms with van der Waals surface area (Å²) in [7, 11) is 0. The lowest BCUT2D eigenvalue weighted by molar-refractivity contribution is 1.01. The number of rotatable bonds is 5. The van der Waals surface area contributed by atoms with E-state index in [1.165, 1.54) is 15.5 Å². The molecule has 2 nitrogen and oxygen atoms in total. The van der Waals surface area contributed by atoms with Gasteiger partial charge in [-0.3, -0.25) is 0 Å². The van der Waals surface area contributed by atoms with Crippen molar-refractivity contribution < 1.29 is 0 Å². The Morgan fingerprint density at radius 3 is 2.88 bits per heavy atom. The van der Waals surface area contributed by atoms with E-state index >= 15 is 0 Å². The fraction of sp³-hybridized carbons (Fsp3) is 0.308. The van der Waals surface area contributed by atoms with Crippen LogP contribution in [0.3, 0.4) is 0 Å². The van der Waals surface area contributed by atoms with Crippen LogP contribution in [0.4, 0.5) is 5.69 Å². The summed E-state index contributed by atoms with van der Waals surface area (Å²) in [5, 5.41) is 3.49. The Morgan fingerprint density at radius 2 is 2.18 bits per heavy atom. The van der Waals surface area contributed by atoms with E-state index in [2.05, 4.69) is 47.7 Å². The van der Waals surface area contributed by atoms with Gasteiger partial charge in [-0.1, -0.05) is 12.1 Å². The predicted octanol–water partition coefficient (Wildman–Crippen LogP) is 3.83. The molecule has 0 aliphatic carbocycles. The highest BCUT2D eigenvalue weighted by Gasteiger charge is 2.02. The second-order valence-corrected chi connectivity index (χ2v) is 5.53. The molecule has 2 aromatic rings. The standard InChI is InChI=1S/C13H16N2S2/c1-10-12(17-9-15-10)7-8-14-11-5-3-4-6-13(11)16-2/h3-6,9,14H,7-8H2,1-2H3. The van der Waals surface area contributed by atoms with Gasteiger partial charge in [0.2, 0.25) is 0 Å². The van der Waals surface area contributed by atoms with Gasteiger partial charge < -0.3 is 5.32 Å². The number of aromatic nitrogens is 1. The number of anilines is 1. The van der Waals surface area contributed by atoms with Crippen molar-refractivity contribution in [3.8, 4) is 0 Å². The molecule has 1 heterocycles. The van der Waals surface area contributed by atoms with E-state index in [9.17, 15) is 0 Å². The Labute approximate surface area is 110 Å². The van der Waals surface area contributed by atoms with Gasteiger partial charge in [0.15, 0.2) is 0 Å². The van der Waals surface area contributed by atoms with Crippen molar-refractivity contribution in [2.75, 3.05) is 18.1 Å². The molecule has 0 atom stereocenters. The van der Waals surface area contributed by atoms with Crippen molar-refractivity contribution in [3.05, 3.63) is 40.3 Å². The largest absolute Gasteiger partial charge is 0.384 e. The number of benzene rings is 1. The number of nitrogens with one attached hydrogen (secondary N) is 1. The molecule has 0 saturated carbocycles. The summed E-state index contributed by atoms with van der Waals surface area (Å²) in [4.78, 5) is 6.94. The Bertz CT molecular complexity index is 480. The smallest absolute Gasteiger partial charge is 0.0797 e. The van der Waals surface area contributed by atoms with E-state index in [-0.39, 0.29) is 0 Å². The summed E-state index contributed by atoms with van der Waals surface area (Å²) < 4.78 is 0. The van der Waals surface area contributed by atoms with Crippen LogP contribution < -0.4 is 5.32 Å². The first-order valence-corrected chi connectivity index (χ1v) is 7.67. The molecule has 17 heavy (non-hydrogen) atoms. The van der Waals surface area contributed by atoms with Crippen LogP contribution in [0.25, 0.3) is 0 Å². The van der Waals surface area contributed by atoms with Crippen molar-refractivity contribution in [1.82, 2.24) is 4.98 Å². The number of hydrogen-bond donors (Lipinski definition) is 1. The predicted molar refractivity (Wildman–Crippen MR) is 77.3 cm³/mol. The SMILES string of the molecule is CSc1ccccc1NCCc1scnc1C. The van der Waals surface area contributed by atoms with Crippen LogP contribution in [-0.4, -0.2) is 17.8 Å². The number of thiazole rings is 1. The van der Waals surface area contributed by atoms with Gasteiger partial charge in [0.05, 0.1) is 11.2 Å². The molecule has 0 amide bonds. The molecule has 1 aromatic carbocycles. The van der Waals surface area contributed by atoms with Crippen LogP contribution in [0.5, 0.6) is 0 Å². The Hall–Kier alpha value is -1.00. The first kappa shape index (κ1) is 12.5. The van der Waals surface area contributed by atoms with Gasteiger partial charge in [-0.2, -0.15) is 0 Å². The van der Waals surface area contributed by atoms with Crippen LogP contribution in [0.1, 0.15) is 10.6 Å². The molecule has 4 heteroatoms. The van der Waals surface area contributed by atoms with Crippen molar-refractivity contribution in [1.29, 1.82) is 0 Å². The van der Waals surface area contributed by atoms with Gasteiger partial charge in [0, 0.05) is 28.4 Å². The summed E-state index contributed by atoms with van der Waals surface area (Å²) in [5.41, 5.74) is 4.30. The quantitative estimate of drug-likeness (QED) is 0.831.